The molecule has 0 heterocycles. The zero-order valence-corrected chi connectivity index (χ0v) is 18.1. The second-order valence-corrected chi connectivity index (χ2v) is 7.27. The average Bonchev–Trinajstić information content (AvgIpc) is 2.73. The van der Waals surface area contributed by atoms with E-state index >= 15 is 0 Å². The van der Waals surface area contributed by atoms with Crippen molar-refractivity contribution < 1.29 is 36.6 Å². The second kappa shape index (κ2) is 10.7. The Labute approximate surface area is 187 Å². The summed E-state index contributed by atoms with van der Waals surface area (Å²) in [5, 5.41) is 20.2. The van der Waals surface area contributed by atoms with Crippen LogP contribution in [-0.2, 0) is 25.2 Å². The molecule has 0 amide bonds. The number of halogens is 6. The number of hydrogen-bond acceptors (Lipinski definition) is 4. The molecule has 180 valence electrons. The van der Waals surface area contributed by atoms with Crippen molar-refractivity contribution in [1.82, 2.24) is 0 Å². The molecule has 0 aliphatic rings. The number of hydrogen-bond donors (Lipinski definition) is 2. The molecule has 0 spiro atoms. The van der Waals surface area contributed by atoms with Gasteiger partial charge in [-0.15, -0.1) is 0 Å². The van der Waals surface area contributed by atoms with Gasteiger partial charge < -0.3 is 10.2 Å². The van der Waals surface area contributed by atoms with E-state index in [4.69, 9.17) is 0 Å². The zero-order chi connectivity index (χ0) is 24.8. The molecule has 2 aromatic carbocycles. The molecule has 0 saturated heterocycles. The Morgan fingerprint density at radius 2 is 1.06 bits per heavy atom. The largest absolute Gasteiger partial charge is 0.507 e. The monoisotopic (exact) mass is 474 g/mol. The maximum Gasteiger partial charge on any atom is 0.416 e. The van der Waals surface area contributed by atoms with Crippen molar-refractivity contribution in [3.8, 4) is 11.5 Å². The van der Waals surface area contributed by atoms with E-state index in [2.05, 4.69) is 9.98 Å². The fourth-order valence-corrected chi connectivity index (χ4v) is 3.08. The number of phenols is 2. The van der Waals surface area contributed by atoms with E-state index in [1.165, 1.54) is 0 Å². The van der Waals surface area contributed by atoms with E-state index in [0.29, 0.717) is 6.42 Å². The molecule has 0 unspecified atom stereocenters. The first-order chi connectivity index (χ1) is 15.4. The van der Waals surface area contributed by atoms with Crippen molar-refractivity contribution in [2.45, 2.75) is 45.5 Å². The van der Waals surface area contributed by atoms with E-state index in [1.54, 1.807) is 13.8 Å². The van der Waals surface area contributed by atoms with E-state index in [0.717, 1.165) is 36.7 Å². The fourth-order valence-electron chi connectivity index (χ4n) is 3.08. The second-order valence-electron chi connectivity index (χ2n) is 7.27. The van der Waals surface area contributed by atoms with E-state index in [1.807, 2.05) is 0 Å². The number of aromatic hydroxyl groups is 2. The Balaban J connectivity index is 2.04. The van der Waals surface area contributed by atoms with Gasteiger partial charge in [0.05, 0.1) is 11.1 Å². The Morgan fingerprint density at radius 3 is 1.36 bits per heavy atom. The third kappa shape index (κ3) is 6.97. The van der Waals surface area contributed by atoms with Crippen LogP contribution < -0.4 is 0 Å². The molecule has 0 atom stereocenters. The molecule has 0 aliphatic heterocycles. The van der Waals surface area contributed by atoms with Gasteiger partial charge in [0.15, 0.2) is 0 Å². The molecule has 0 aliphatic carbocycles. The molecule has 0 bridgehead atoms. The number of benzene rings is 2. The topological polar surface area (TPSA) is 65.2 Å². The molecule has 4 nitrogen and oxygen atoms in total. The molecule has 0 saturated carbocycles. The first-order valence-corrected chi connectivity index (χ1v) is 10.2. The van der Waals surface area contributed by atoms with E-state index in [9.17, 15) is 36.6 Å². The van der Waals surface area contributed by atoms with Crippen LogP contribution in [0.1, 0.15) is 53.6 Å². The van der Waals surface area contributed by atoms with Gasteiger partial charge in [0, 0.05) is 36.6 Å². The number of aliphatic imine (C=N–C) groups is 2. The molecule has 0 aromatic heterocycles. The van der Waals surface area contributed by atoms with Crippen molar-refractivity contribution in [2.24, 2.45) is 9.98 Å². The number of nitrogens with zero attached hydrogens (tertiary/aromatic N) is 2. The van der Waals surface area contributed by atoms with Crippen LogP contribution in [0.2, 0.25) is 0 Å². The number of alkyl halides is 6. The third-order valence-corrected chi connectivity index (χ3v) is 4.89. The molecule has 0 radical (unpaired) electrons. The SMILES string of the molecule is CCc1cc(C(F)(F)F)cc(C=NCCCN=Cc2cc(C(F)(F)F)cc(CC)c2O)c1O. The highest BCUT2D eigenvalue weighted by atomic mass is 19.4. The van der Waals surface area contributed by atoms with Gasteiger partial charge in [-0.1, -0.05) is 13.8 Å². The summed E-state index contributed by atoms with van der Waals surface area (Å²) in [5.74, 6) is -0.530. The molecule has 10 heteroatoms. The average molecular weight is 474 g/mol. The highest BCUT2D eigenvalue weighted by Crippen LogP contribution is 2.35. The summed E-state index contributed by atoms with van der Waals surface area (Å²) in [6.45, 7) is 3.59. The predicted molar refractivity (Wildman–Crippen MR) is 115 cm³/mol. The molecule has 2 N–H and O–H groups in total. The van der Waals surface area contributed by atoms with Crippen molar-refractivity contribution in [1.29, 1.82) is 0 Å². The van der Waals surface area contributed by atoms with Gasteiger partial charge in [-0.25, -0.2) is 0 Å². The normalized spacial score (nSPS) is 12.8. The van der Waals surface area contributed by atoms with Crippen molar-refractivity contribution >= 4 is 12.4 Å². The van der Waals surface area contributed by atoms with Crippen LogP contribution in [0, 0.1) is 0 Å². The Bertz CT molecular complexity index is 946. The van der Waals surface area contributed by atoms with Gasteiger partial charge in [0.25, 0.3) is 0 Å². The molecule has 2 rings (SSSR count). The molecular weight excluding hydrogens is 450 g/mol. The standard InChI is InChI=1S/C23H24F6N2O2/c1-3-14-8-18(22(24,25)26)10-16(20(14)32)12-30-6-5-7-31-13-17-11-19(23(27,28)29)9-15(4-2)21(17)33/h8-13,32-33H,3-7H2,1-2H3. The summed E-state index contributed by atoms with van der Waals surface area (Å²) in [7, 11) is 0. The minimum absolute atomic E-state index is 0.0499. The van der Waals surface area contributed by atoms with Gasteiger partial charge in [-0.2, -0.15) is 26.3 Å². The van der Waals surface area contributed by atoms with Crippen LogP contribution in [0.4, 0.5) is 26.3 Å². The lowest BCUT2D eigenvalue weighted by molar-refractivity contribution is -0.138. The summed E-state index contributed by atoms with van der Waals surface area (Å²) in [6, 6.07) is 3.43. The molecular formula is C23H24F6N2O2. The highest BCUT2D eigenvalue weighted by Gasteiger charge is 2.32. The summed E-state index contributed by atoms with van der Waals surface area (Å²) >= 11 is 0. The van der Waals surface area contributed by atoms with Gasteiger partial charge in [-0.3, -0.25) is 9.98 Å². The van der Waals surface area contributed by atoms with Crippen LogP contribution in [0.25, 0.3) is 0 Å². The van der Waals surface area contributed by atoms with E-state index in [-0.39, 0.29) is 59.7 Å². The van der Waals surface area contributed by atoms with Crippen LogP contribution in [0.15, 0.2) is 34.3 Å². The maximum atomic E-state index is 13.0. The highest BCUT2D eigenvalue weighted by molar-refractivity contribution is 5.85. The Kier molecular flexibility index (Phi) is 8.51. The van der Waals surface area contributed by atoms with Gasteiger partial charge in [0.2, 0.25) is 0 Å². The zero-order valence-electron chi connectivity index (χ0n) is 18.1. The van der Waals surface area contributed by atoms with Gasteiger partial charge in [-0.05, 0) is 54.7 Å². The summed E-state index contributed by atoms with van der Waals surface area (Å²) in [4.78, 5) is 8.03. The lowest BCUT2D eigenvalue weighted by Crippen LogP contribution is -2.07. The fraction of sp³-hybridized carbons (Fsp3) is 0.391. The first kappa shape index (κ1) is 26.2. The van der Waals surface area contributed by atoms with E-state index < -0.39 is 23.5 Å². The maximum absolute atomic E-state index is 13.0. The summed E-state index contributed by atoms with van der Waals surface area (Å²) < 4.78 is 78.2. The quantitative estimate of drug-likeness (QED) is 0.272. The van der Waals surface area contributed by atoms with Gasteiger partial charge in [0.1, 0.15) is 11.5 Å². The van der Waals surface area contributed by atoms with Crippen molar-refractivity contribution in [3.05, 3.63) is 57.6 Å². The first-order valence-electron chi connectivity index (χ1n) is 10.2. The molecule has 2 aromatic rings. The van der Waals surface area contributed by atoms with Crippen molar-refractivity contribution in [3.63, 3.8) is 0 Å². The number of phenolic OH excluding ortho intramolecular Hbond substituents is 2. The van der Waals surface area contributed by atoms with Crippen LogP contribution in [0.3, 0.4) is 0 Å². The molecule has 33 heavy (non-hydrogen) atoms. The summed E-state index contributed by atoms with van der Waals surface area (Å²) in [6.07, 6.45) is -6.02. The van der Waals surface area contributed by atoms with Crippen LogP contribution in [-0.4, -0.2) is 35.7 Å². The minimum Gasteiger partial charge on any atom is -0.507 e. The van der Waals surface area contributed by atoms with Gasteiger partial charge >= 0.3 is 12.4 Å². The number of aryl methyl sites for hydroxylation is 2. The smallest absolute Gasteiger partial charge is 0.416 e. The van der Waals surface area contributed by atoms with Crippen LogP contribution >= 0.6 is 0 Å². The lowest BCUT2D eigenvalue weighted by Gasteiger charge is -2.12. The minimum atomic E-state index is -4.55. The summed E-state index contributed by atoms with van der Waals surface area (Å²) in [5.41, 5.74) is -1.55. The third-order valence-electron chi connectivity index (χ3n) is 4.89. The lowest BCUT2D eigenvalue weighted by atomic mass is 10.0. The number of rotatable bonds is 8. The Morgan fingerprint density at radius 1 is 0.697 bits per heavy atom. The van der Waals surface area contributed by atoms with Crippen LogP contribution in [0.5, 0.6) is 11.5 Å². The molecule has 0 fully saturated rings. The Hall–Kier alpha value is -3.04. The van der Waals surface area contributed by atoms with Crippen molar-refractivity contribution in [2.75, 3.05) is 13.1 Å². The predicted octanol–water partition coefficient (Wildman–Crippen LogP) is 6.19.